The van der Waals surface area contributed by atoms with Crippen LogP contribution in [0.2, 0.25) is 0 Å². The smallest absolute Gasteiger partial charge is 0.131 e. The first-order valence-electron chi connectivity index (χ1n) is 5.10. The molecule has 2 aromatic rings. The topological polar surface area (TPSA) is 37.8 Å². The Kier molecular flexibility index (Phi) is 3.39. The first-order valence-corrected chi connectivity index (χ1v) is 5.10. The molecule has 0 saturated heterocycles. The quantitative estimate of drug-likeness (QED) is 0.884. The molecular weight excluding hydrogens is 224 g/mol. The van der Waals surface area contributed by atoms with E-state index in [0.717, 1.165) is 0 Å². The highest BCUT2D eigenvalue weighted by atomic mass is 19.1. The molecule has 1 heterocycles. The van der Waals surface area contributed by atoms with Crippen molar-refractivity contribution in [3.63, 3.8) is 0 Å². The lowest BCUT2D eigenvalue weighted by atomic mass is 10.0. The van der Waals surface area contributed by atoms with Crippen molar-refractivity contribution >= 4 is 0 Å². The second kappa shape index (κ2) is 4.97. The van der Waals surface area contributed by atoms with E-state index in [1.807, 2.05) is 0 Å². The van der Waals surface area contributed by atoms with Crippen LogP contribution in [-0.4, -0.2) is 17.0 Å². The average Bonchev–Trinajstić information content (AvgIpc) is 2.35. The van der Waals surface area contributed by atoms with Crippen molar-refractivity contribution in [3.05, 3.63) is 59.7 Å². The Morgan fingerprint density at radius 1 is 1.12 bits per heavy atom. The summed E-state index contributed by atoms with van der Waals surface area (Å²) < 4.78 is 27.3. The summed E-state index contributed by atoms with van der Waals surface area (Å²) >= 11 is 0. The molecule has 0 fully saturated rings. The van der Waals surface area contributed by atoms with Crippen molar-refractivity contribution in [2.24, 2.45) is 0 Å². The van der Waals surface area contributed by atoms with E-state index in [9.17, 15) is 8.78 Å². The number of rotatable bonds is 3. The van der Waals surface area contributed by atoms with Crippen LogP contribution in [-0.2, 0) is 0 Å². The van der Waals surface area contributed by atoms with Crippen LogP contribution in [0.25, 0.3) is 0 Å². The Morgan fingerprint density at radius 2 is 1.71 bits per heavy atom. The highest BCUT2D eigenvalue weighted by molar-refractivity contribution is 5.31. The van der Waals surface area contributed by atoms with Gasteiger partial charge in [-0.05, 0) is 19.2 Å². The zero-order valence-corrected chi connectivity index (χ0v) is 9.19. The highest BCUT2D eigenvalue weighted by Crippen LogP contribution is 2.25. The summed E-state index contributed by atoms with van der Waals surface area (Å²) in [5.41, 5.74) is 0.587. The van der Waals surface area contributed by atoms with E-state index in [-0.39, 0.29) is 5.56 Å². The molecule has 5 heteroatoms. The molecule has 0 spiro atoms. The highest BCUT2D eigenvalue weighted by Gasteiger charge is 2.20. The Balaban J connectivity index is 2.50. The molecule has 1 atom stereocenters. The summed E-state index contributed by atoms with van der Waals surface area (Å²) in [6.45, 7) is 0. The molecule has 1 aromatic carbocycles. The molecule has 88 valence electrons. The van der Waals surface area contributed by atoms with Crippen LogP contribution < -0.4 is 5.32 Å². The van der Waals surface area contributed by atoms with Crippen LogP contribution in [0.15, 0.2) is 36.9 Å². The zero-order chi connectivity index (χ0) is 12.3. The third kappa shape index (κ3) is 2.29. The molecule has 17 heavy (non-hydrogen) atoms. The van der Waals surface area contributed by atoms with Gasteiger partial charge in [-0.3, -0.25) is 0 Å². The lowest BCUT2D eigenvalue weighted by molar-refractivity contribution is 0.521. The second-order valence-electron chi connectivity index (χ2n) is 3.53. The normalized spacial score (nSPS) is 12.4. The maximum atomic E-state index is 13.7. The Hall–Kier alpha value is -1.88. The predicted octanol–water partition coefficient (Wildman–Crippen LogP) is 2.06. The summed E-state index contributed by atoms with van der Waals surface area (Å²) in [5, 5.41) is 2.86. The lowest BCUT2D eigenvalue weighted by Crippen LogP contribution is -2.20. The van der Waals surface area contributed by atoms with Gasteiger partial charge in [0.15, 0.2) is 0 Å². The van der Waals surface area contributed by atoms with E-state index in [0.29, 0.717) is 5.56 Å². The molecule has 0 bridgehead atoms. The van der Waals surface area contributed by atoms with Crippen molar-refractivity contribution in [2.45, 2.75) is 6.04 Å². The molecule has 0 amide bonds. The predicted molar refractivity (Wildman–Crippen MR) is 59.3 cm³/mol. The van der Waals surface area contributed by atoms with Gasteiger partial charge in [0, 0.05) is 23.5 Å². The Labute approximate surface area is 97.5 Å². The van der Waals surface area contributed by atoms with Gasteiger partial charge in [0.05, 0.1) is 6.04 Å². The van der Waals surface area contributed by atoms with Gasteiger partial charge in [0.25, 0.3) is 0 Å². The van der Waals surface area contributed by atoms with Gasteiger partial charge in [-0.1, -0.05) is 6.07 Å². The molecular formula is C12H11F2N3. The first-order chi connectivity index (χ1) is 8.24. The summed E-state index contributed by atoms with van der Waals surface area (Å²) in [6, 6.07) is 3.19. The summed E-state index contributed by atoms with van der Waals surface area (Å²) in [5.74, 6) is -1.18. The van der Waals surface area contributed by atoms with Gasteiger partial charge in [0.2, 0.25) is 0 Å². The van der Waals surface area contributed by atoms with Crippen LogP contribution in [0.4, 0.5) is 8.78 Å². The molecule has 1 N–H and O–H groups in total. The zero-order valence-electron chi connectivity index (χ0n) is 9.19. The molecule has 1 unspecified atom stereocenters. The SMILES string of the molecule is CNC(c1cncnc1)c1c(F)cccc1F. The molecule has 0 aliphatic carbocycles. The van der Waals surface area contributed by atoms with E-state index in [1.54, 1.807) is 7.05 Å². The van der Waals surface area contributed by atoms with E-state index < -0.39 is 17.7 Å². The number of benzene rings is 1. The van der Waals surface area contributed by atoms with Crippen molar-refractivity contribution in [3.8, 4) is 0 Å². The van der Waals surface area contributed by atoms with Crippen molar-refractivity contribution < 1.29 is 8.78 Å². The minimum atomic E-state index is -0.600. The molecule has 0 aliphatic rings. The average molecular weight is 235 g/mol. The van der Waals surface area contributed by atoms with E-state index in [4.69, 9.17) is 0 Å². The number of nitrogens with zero attached hydrogens (tertiary/aromatic N) is 2. The van der Waals surface area contributed by atoms with E-state index >= 15 is 0 Å². The van der Waals surface area contributed by atoms with Crippen molar-refractivity contribution in [2.75, 3.05) is 7.05 Å². The van der Waals surface area contributed by atoms with Crippen molar-refractivity contribution in [1.29, 1.82) is 0 Å². The van der Waals surface area contributed by atoms with Gasteiger partial charge >= 0.3 is 0 Å². The fourth-order valence-corrected chi connectivity index (χ4v) is 1.72. The Morgan fingerprint density at radius 3 is 2.24 bits per heavy atom. The number of nitrogens with one attached hydrogen (secondary N) is 1. The third-order valence-electron chi connectivity index (χ3n) is 2.49. The second-order valence-corrected chi connectivity index (χ2v) is 3.53. The molecule has 0 aliphatic heterocycles. The molecule has 1 aromatic heterocycles. The standard InChI is InChI=1S/C12H11F2N3/c1-15-12(8-5-16-7-17-6-8)11-9(13)3-2-4-10(11)14/h2-7,12,15H,1H3. The summed E-state index contributed by atoms with van der Waals surface area (Å²) in [7, 11) is 1.63. The minimum Gasteiger partial charge on any atom is -0.309 e. The summed E-state index contributed by atoms with van der Waals surface area (Å²) in [4.78, 5) is 7.68. The van der Waals surface area contributed by atoms with Crippen LogP contribution in [0.1, 0.15) is 17.2 Å². The molecule has 3 nitrogen and oxygen atoms in total. The third-order valence-corrected chi connectivity index (χ3v) is 2.49. The Bertz CT molecular complexity index is 482. The van der Waals surface area contributed by atoms with Crippen LogP contribution in [0, 0.1) is 11.6 Å². The number of hydrogen-bond donors (Lipinski definition) is 1. The fourth-order valence-electron chi connectivity index (χ4n) is 1.72. The minimum absolute atomic E-state index is 0.0233. The van der Waals surface area contributed by atoms with Crippen LogP contribution in [0.5, 0.6) is 0 Å². The molecule has 0 radical (unpaired) electrons. The monoisotopic (exact) mass is 235 g/mol. The molecule has 2 rings (SSSR count). The van der Waals surface area contributed by atoms with Gasteiger partial charge in [-0.15, -0.1) is 0 Å². The lowest BCUT2D eigenvalue weighted by Gasteiger charge is -2.17. The number of aromatic nitrogens is 2. The van der Waals surface area contributed by atoms with Gasteiger partial charge < -0.3 is 5.32 Å². The number of halogens is 2. The number of hydrogen-bond acceptors (Lipinski definition) is 3. The largest absolute Gasteiger partial charge is 0.309 e. The van der Waals surface area contributed by atoms with Crippen molar-refractivity contribution in [1.82, 2.24) is 15.3 Å². The van der Waals surface area contributed by atoms with Gasteiger partial charge in [-0.25, -0.2) is 18.7 Å². The fraction of sp³-hybridized carbons (Fsp3) is 0.167. The first kappa shape index (κ1) is 11.6. The van der Waals surface area contributed by atoms with Crippen LogP contribution >= 0.6 is 0 Å². The van der Waals surface area contributed by atoms with E-state index in [2.05, 4.69) is 15.3 Å². The van der Waals surface area contributed by atoms with Gasteiger partial charge in [-0.2, -0.15) is 0 Å². The molecule has 0 saturated carbocycles. The maximum absolute atomic E-state index is 13.7. The maximum Gasteiger partial charge on any atom is 0.131 e. The van der Waals surface area contributed by atoms with E-state index in [1.165, 1.54) is 36.9 Å². The summed E-state index contributed by atoms with van der Waals surface area (Å²) in [6.07, 6.45) is 4.42. The van der Waals surface area contributed by atoms with Gasteiger partial charge in [0.1, 0.15) is 18.0 Å². The van der Waals surface area contributed by atoms with Crippen LogP contribution in [0.3, 0.4) is 0 Å².